The average molecular weight is 289 g/mol. The van der Waals surface area contributed by atoms with Gasteiger partial charge in [-0.05, 0) is 24.3 Å². The fourth-order valence-corrected chi connectivity index (χ4v) is 1.70. The van der Waals surface area contributed by atoms with Crippen LogP contribution in [0, 0.1) is 0 Å². The highest BCUT2D eigenvalue weighted by molar-refractivity contribution is 5.95. The van der Waals surface area contributed by atoms with Crippen molar-refractivity contribution in [3.05, 3.63) is 41.7 Å². The van der Waals surface area contributed by atoms with Gasteiger partial charge in [-0.3, -0.25) is 4.79 Å². The number of aromatic nitrogens is 3. The van der Waals surface area contributed by atoms with Gasteiger partial charge in [-0.2, -0.15) is 0 Å². The first-order valence-corrected chi connectivity index (χ1v) is 6.49. The van der Waals surface area contributed by atoms with E-state index in [4.69, 9.17) is 9.84 Å². The predicted molar refractivity (Wildman–Crippen MR) is 73.5 cm³/mol. The number of carbonyl (C=O) groups is 2. The maximum absolute atomic E-state index is 11.5. The van der Waals surface area contributed by atoms with Gasteiger partial charge in [0.2, 0.25) is 0 Å². The first kappa shape index (κ1) is 14.7. The second kappa shape index (κ2) is 6.65. The molecule has 1 aromatic carbocycles. The van der Waals surface area contributed by atoms with Crippen LogP contribution in [0.25, 0.3) is 0 Å². The van der Waals surface area contributed by atoms with E-state index in [1.54, 1.807) is 24.3 Å². The van der Waals surface area contributed by atoms with E-state index in [0.717, 1.165) is 0 Å². The lowest BCUT2D eigenvalue weighted by molar-refractivity contribution is 0.0690. The zero-order valence-electron chi connectivity index (χ0n) is 11.5. The number of Topliss-reactive ketones (excluding diaryl/α,β-unsaturated/α-hetero) is 1. The van der Waals surface area contributed by atoms with Gasteiger partial charge in [0.15, 0.2) is 11.5 Å². The maximum Gasteiger partial charge on any atom is 0.358 e. The Kier molecular flexibility index (Phi) is 4.65. The molecule has 7 nitrogen and oxygen atoms in total. The monoisotopic (exact) mass is 289 g/mol. The van der Waals surface area contributed by atoms with Gasteiger partial charge in [0, 0.05) is 12.0 Å². The lowest BCUT2D eigenvalue weighted by Gasteiger charge is -2.06. The Morgan fingerprint density at radius 1 is 1.29 bits per heavy atom. The number of nitrogens with zero attached hydrogens (tertiary/aromatic N) is 3. The van der Waals surface area contributed by atoms with Crippen LogP contribution in [-0.2, 0) is 6.54 Å². The summed E-state index contributed by atoms with van der Waals surface area (Å²) in [7, 11) is 0. The Morgan fingerprint density at radius 2 is 2.00 bits per heavy atom. The molecule has 0 bridgehead atoms. The summed E-state index contributed by atoms with van der Waals surface area (Å²) in [6.07, 6.45) is 1.81. The van der Waals surface area contributed by atoms with Gasteiger partial charge in [-0.15, -0.1) is 5.10 Å². The molecule has 1 heterocycles. The van der Waals surface area contributed by atoms with Crippen molar-refractivity contribution < 1.29 is 19.4 Å². The quantitative estimate of drug-likeness (QED) is 0.779. The van der Waals surface area contributed by atoms with Crippen molar-refractivity contribution in [1.29, 1.82) is 0 Å². The molecule has 110 valence electrons. The SMILES string of the molecule is CCC(=O)c1ccc(OCCn2cc(C(=O)O)nn2)cc1. The average Bonchev–Trinajstić information content (AvgIpc) is 2.96. The van der Waals surface area contributed by atoms with Crippen LogP contribution >= 0.6 is 0 Å². The van der Waals surface area contributed by atoms with E-state index in [1.807, 2.05) is 6.92 Å². The fraction of sp³-hybridized carbons (Fsp3) is 0.286. The minimum absolute atomic E-state index is 0.0883. The molecule has 2 aromatic rings. The molecule has 1 N–H and O–H groups in total. The van der Waals surface area contributed by atoms with Crippen molar-refractivity contribution >= 4 is 11.8 Å². The molecule has 0 aliphatic carbocycles. The Labute approximate surface area is 121 Å². The molecule has 0 radical (unpaired) electrons. The summed E-state index contributed by atoms with van der Waals surface area (Å²) in [6.45, 7) is 2.52. The van der Waals surface area contributed by atoms with E-state index < -0.39 is 5.97 Å². The number of carboxylic acids is 1. The smallest absolute Gasteiger partial charge is 0.358 e. The zero-order valence-corrected chi connectivity index (χ0v) is 11.5. The molecule has 0 saturated carbocycles. The van der Waals surface area contributed by atoms with Crippen LogP contribution in [0.1, 0.15) is 34.2 Å². The summed E-state index contributed by atoms with van der Waals surface area (Å²) in [4.78, 5) is 22.1. The number of benzene rings is 1. The summed E-state index contributed by atoms with van der Waals surface area (Å²) in [5.41, 5.74) is 0.560. The van der Waals surface area contributed by atoms with Crippen molar-refractivity contribution in [1.82, 2.24) is 15.0 Å². The molecule has 0 atom stereocenters. The van der Waals surface area contributed by atoms with Crippen LogP contribution in [0.5, 0.6) is 5.75 Å². The molecular weight excluding hydrogens is 274 g/mol. The Bertz CT molecular complexity index is 634. The lowest BCUT2D eigenvalue weighted by atomic mass is 10.1. The Balaban J connectivity index is 1.85. The minimum Gasteiger partial charge on any atom is -0.492 e. The summed E-state index contributed by atoms with van der Waals surface area (Å²) >= 11 is 0. The van der Waals surface area contributed by atoms with Crippen molar-refractivity contribution in [2.45, 2.75) is 19.9 Å². The third-order valence-corrected chi connectivity index (χ3v) is 2.84. The predicted octanol–water partition coefficient (Wildman–Crippen LogP) is 1.65. The molecule has 7 heteroatoms. The number of carboxylic acid groups (broad SMARTS) is 1. The number of ether oxygens (including phenoxy) is 1. The number of hydrogen-bond acceptors (Lipinski definition) is 5. The largest absolute Gasteiger partial charge is 0.492 e. The summed E-state index contributed by atoms with van der Waals surface area (Å²) in [5.74, 6) is -0.384. The highest BCUT2D eigenvalue weighted by Gasteiger charge is 2.08. The van der Waals surface area contributed by atoms with Crippen molar-refractivity contribution in [2.75, 3.05) is 6.61 Å². The molecule has 0 aliphatic heterocycles. The maximum atomic E-state index is 11.5. The first-order valence-electron chi connectivity index (χ1n) is 6.49. The normalized spacial score (nSPS) is 10.3. The zero-order chi connectivity index (χ0) is 15.2. The third-order valence-electron chi connectivity index (χ3n) is 2.84. The molecular formula is C14H15N3O4. The number of carbonyl (C=O) groups excluding carboxylic acids is 1. The van der Waals surface area contributed by atoms with Gasteiger partial charge in [0.1, 0.15) is 12.4 Å². The third kappa shape index (κ3) is 3.88. The molecule has 1 aromatic heterocycles. The van der Waals surface area contributed by atoms with Crippen molar-refractivity contribution in [3.63, 3.8) is 0 Å². The molecule has 0 spiro atoms. The van der Waals surface area contributed by atoms with E-state index in [9.17, 15) is 9.59 Å². The van der Waals surface area contributed by atoms with E-state index in [0.29, 0.717) is 30.9 Å². The standard InChI is InChI=1S/C14H15N3O4/c1-2-13(18)10-3-5-11(6-4-10)21-8-7-17-9-12(14(19)20)15-16-17/h3-6,9H,2,7-8H2,1H3,(H,19,20). The van der Waals surface area contributed by atoms with E-state index in [-0.39, 0.29) is 11.5 Å². The molecule has 0 fully saturated rings. The molecule has 0 saturated heterocycles. The van der Waals surface area contributed by atoms with Gasteiger partial charge in [-0.1, -0.05) is 12.1 Å². The van der Waals surface area contributed by atoms with Crippen molar-refractivity contribution in [3.8, 4) is 5.75 Å². The number of aromatic carboxylic acids is 1. The van der Waals surface area contributed by atoms with Crippen LogP contribution in [0.15, 0.2) is 30.5 Å². The van der Waals surface area contributed by atoms with Crippen LogP contribution in [0.2, 0.25) is 0 Å². The minimum atomic E-state index is -1.11. The Hall–Kier alpha value is -2.70. The van der Waals surface area contributed by atoms with Crippen LogP contribution in [0.3, 0.4) is 0 Å². The fourth-order valence-electron chi connectivity index (χ4n) is 1.70. The van der Waals surface area contributed by atoms with Gasteiger partial charge in [0.25, 0.3) is 0 Å². The highest BCUT2D eigenvalue weighted by Crippen LogP contribution is 2.13. The van der Waals surface area contributed by atoms with Crippen molar-refractivity contribution in [2.24, 2.45) is 0 Å². The molecule has 0 aliphatic rings. The topological polar surface area (TPSA) is 94.3 Å². The van der Waals surface area contributed by atoms with Crippen LogP contribution in [0.4, 0.5) is 0 Å². The number of hydrogen-bond donors (Lipinski definition) is 1. The highest BCUT2D eigenvalue weighted by atomic mass is 16.5. The van der Waals surface area contributed by atoms with Gasteiger partial charge >= 0.3 is 5.97 Å². The number of rotatable bonds is 7. The molecule has 21 heavy (non-hydrogen) atoms. The summed E-state index contributed by atoms with van der Waals surface area (Å²) < 4.78 is 6.90. The molecule has 0 amide bonds. The van der Waals surface area contributed by atoms with E-state index >= 15 is 0 Å². The van der Waals surface area contributed by atoms with Gasteiger partial charge in [-0.25, -0.2) is 9.48 Å². The Morgan fingerprint density at radius 3 is 2.57 bits per heavy atom. The summed E-state index contributed by atoms with van der Waals surface area (Å²) in [5, 5.41) is 15.9. The second-order valence-electron chi connectivity index (χ2n) is 4.32. The number of ketones is 1. The first-order chi connectivity index (χ1) is 10.1. The molecule has 0 unspecified atom stereocenters. The van der Waals surface area contributed by atoms with Crippen LogP contribution in [-0.4, -0.2) is 38.5 Å². The van der Waals surface area contributed by atoms with E-state index in [2.05, 4.69) is 10.3 Å². The second-order valence-corrected chi connectivity index (χ2v) is 4.32. The van der Waals surface area contributed by atoms with Crippen LogP contribution < -0.4 is 4.74 Å². The van der Waals surface area contributed by atoms with Gasteiger partial charge < -0.3 is 9.84 Å². The lowest BCUT2D eigenvalue weighted by Crippen LogP contribution is -2.09. The van der Waals surface area contributed by atoms with Gasteiger partial charge in [0.05, 0.1) is 12.7 Å². The summed E-state index contributed by atoms with van der Waals surface area (Å²) in [6, 6.07) is 6.90. The van der Waals surface area contributed by atoms with E-state index in [1.165, 1.54) is 10.9 Å². The molecule has 2 rings (SSSR count).